The van der Waals surface area contributed by atoms with Crippen LogP contribution in [0.15, 0.2) is 18.3 Å². The third kappa shape index (κ3) is 1.49. The van der Waals surface area contributed by atoms with E-state index < -0.39 is 11.5 Å². The van der Waals surface area contributed by atoms with Crippen molar-refractivity contribution in [1.82, 2.24) is 4.98 Å². The fraction of sp³-hybridized carbons (Fsp3) is 0.455. The number of carbonyl (C=O) groups excluding carboxylic acids is 1. The van der Waals surface area contributed by atoms with Gasteiger partial charge in [0, 0.05) is 6.20 Å². The lowest BCUT2D eigenvalue weighted by molar-refractivity contribution is -0.188. The number of carbonyl (C=O) groups is 1. The number of fused-ring (bicyclic) bond motifs is 1. The van der Waals surface area contributed by atoms with Crippen LogP contribution >= 0.6 is 0 Å². The van der Waals surface area contributed by atoms with Gasteiger partial charge in [0.05, 0.1) is 25.2 Å². The van der Waals surface area contributed by atoms with Gasteiger partial charge in [0.15, 0.2) is 17.7 Å². The Balaban J connectivity index is 1.92. The van der Waals surface area contributed by atoms with Gasteiger partial charge in [-0.25, -0.2) is 4.98 Å². The van der Waals surface area contributed by atoms with E-state index in [0.29, 0.717) is 24.8 Å². The molecule has 0 aliphatic carbocycles. The van der Waals surface area contributed by atoms with Crippen LogP contribution in [0.4, 0.5) is 5.82 Å². The molecule has 0 bridgehead atoms. The predicted octanol–water partition coefficient (Wildman–Crippen LogP) is -0.210. The van der Waals surface area contributed by atoms with Gasteiger partial charge < -0.3 is 19.9 Å². The van der Waals surface area contributed by atoms with Crippen molar-refractivity contribution in [3.05, 3.63) is 18.3 Å². The maximum absolute atomic E-state index is 11.9. The Hall–Kier alpha value is -1.66. The summed E-state index contributed by atoms with van der Waals surface area (Å²) in [5.74, 6) is 0.660. The third-order valence-corrected chi connectivity index (χ3v) is 3.15. The molecule has 0 aromatic carbocycles. The summed E-state index contributed by atoms with van der Waals surface area (Å²) < 4.78 is 10.7. The summed E-state index contributed by atoms with van der Waals surface area (Å²) >= 11 is 0. The van der Waals surface area contributed by atoms with Crippen LogP contribution in [0.3, 0.4) is 0 Å². The van der Waals surface area contributed by atoms with Crippen LogP contribution in [0.25, 0.3) is 0 Å². The molecule has 6 heteroatoms. The first-order chi connectivity index (χ1) is 8.25. The number of anilines is 1. The maximum Gasteiger partial charge on any atom is 0.267 e. The summed E-state index contributed by atoms with van der Waals surface area (Å²) in [5, 5.41) is 12.1. The first-order valence-electron chi connectivity index (χ1n) is 5.36. The summed E-state index contributed by atoms with van der Waals surface area (Å²) in [4.78, 5) is 15.9. The van der Waals surface area contributed by atoms with Crippen LogP contribution in [0.2, 0.25) is 0 Å². The minimum Gasteiger partial charge on any atom is -0.476 e. The molecule has 0 radical (unpaired) electrons. The number of hydrogen-bond acceptors (Lipinski definition) is 5. The lowest BCUT2D eigenvalue weighted by Gasteiger charge is -2.45. The van der Waals surface area contributed by atoms with Gasteiger partial charge in [0.1, 0.15) is 0 Å². The standard InChI is InChI=1S/C11H12N2O4/c14-4-11(5-16-6-11)8-10(15)13-9-7(17-8)2-1-3-12-9/h1-3,8,14H,4-6H2,(H,12,13,15). The summed E-state index contributed by atoms with van der Waals surface area (Å²) in [6, 6.07) is 3.47. The third-order valence-electron chi connectivity index (χ3n) is 3.15. The minimum atomic E-state index is -0.724. The molecular formula is C11H12N2O4. The molecule has 2 aliphatic rings. The van der Waals surface area contributed by atoms with E-state index in [1.54, 1.807) is 18.3 Å². The maximum atomic E-state index is 11.9. The molecule has 1 fully saturated rings. The molecule has 3 heterocycles. The van der Waals surface area contributed by atoms with Gasteiger partial charge in [-0.1, -0.05) is 0 Å². The number of aromatic nitrogens is 1. The van der Waals surface area contributed by atoms with Gasteiger partial charge in [-0.15, -0.1) is 0 Å². The van der Waals surface area contributed by atoms with Crippen molar-refractivity contribution in [2.45, 2.75) is 6.10 Å². The van der Waals surface area contributed by atoms with Crippen LogP contribution in [0.5, 0.6) is 5.75 Å². The SMILES string of the molecule is O=C1Nc2ncccc2OC1C1(CO)COC1. The number of ether oxygens (including phenoxy) is 2. The van der Waals surface area contributed by atoms with Gasteiger partial charge in [-0.2, -0.15) is 0 Å². The topological polar surface area (TPSA) is 80.7 Å². The molecular weight excluding hydrogens is 224 g/mol. The fourth-order valence-electron chi connectivity index (χ4n) is 2.04. The zero-order chi connectivity index (χ0) is 11.9. The molecule has 2 N–H and O–H groups in total. The van der Waals surface area contributed by atoms with Crippen molar-refractivity contribution in [1.29, 1.82) is 0 Å². The second kappa shape index (κ2) is 3.68. The quantitative estimate of drug-likeness (QED) is 0.742. The van der Waals surface area contributed by atoms with Gasteiger partial charge in [-0.3, -0.25) is 4.79 Å². The van der Waals surface area contributed by atoms with Crippen molar-refractivity contribution in [2.24, 2.45) is 5.41 Å². The molecule has 1 aromatic rings. The van der Waals surface area contributed by atoms with Crippen LogP contribution < -0.4 is 10.1 Å². The lowest BCUT2D eigenvalue weighted by atomic mass is 9.80. The average Bonchev–Trinajstić information content (AvgIpc) is 2.29. The Morgan fingerprint density at radius 1 is 1.59 bits per heavy atom. The highest BCUT2D eigenvalue weighted by Gasteiger charge is 2.52. The first kappa shape index (κ1) is 10.5. The largest absolute Gasteiger partial charge is 0.476 e. The molecule has 1 aromatic heterocycles. The van der Waals surface area contributed by atoms with E-state index in [1.807, 2.05) is 0 Å². The first-order valence-corrected chi connectivity index (χ1v) is 5.36. The monoisotopic (exact) mass is 236 g/mol. The van der Waals surface area contributed by atoms with Gasteiger partial charge >= 0.3 is 0 Å². The summed E-state index contributed by atoms with van der Waals surface area (Å²) in [6.45, 7) is 0.523. The second-order valence-corrected chi connectivity index (χ2v) is 4.35. The molecule has 17 heavy (non-hydrogen) atoms. The Morgan fingerprint density at radius 3 is 3.06 bits per heavy atom. The minimum absolute atomic E-state index is 0.138. The van der Waals surface area contributed by atoms with Crippen molar-refractivity contribution in [3.8, 4) is 5.75 Å². The van der Waals surface area contributed by atoms with Crippen LogP contribution in [-0.4, -0.2) is 41.9 Å². The van der Waals surface area contributed by atoms with Crippen molar-refractivity contribution in [3.63, 3.8) is 0 Å². The molecule has 90 valence electrons. The van der Waals surface area contributed by atoms with E-state index in [0.717, 1.165) is 0 Å². The van der Waals surface area contributed by atoms with Crippen LogP contribution in [-0.2, 0) is 9.53 Å². The van der Waals surface area contributed by atoms with E-state index in [2.05, 4.69) is 10.3 Å². The molecule has 1 saturated heterocycles. The van der Waals surface area contributed by atoms with E-state index in [1.165, 1.54) is 0 Å². The summed E-state index contributed by atoms with van der Waals surface area (Å²) in [6.07, 6.45) is 0.856. The molecule has 2 aliphatic heterocycles. The number of nitrogens with one attached hydrogen (secondary N) is 1. The molecule has 1 atom stereocenters. The molecule has 0 spiro atoms. The van der Waals surface area contributed by atoms with Crippen LogP contribution in [0, 0.1) is 5.41 Å². The summed E-state index contributed by atoms with van der Waals surface area (Å²) in [7, 11) is 0. The predicted molar refractivity (Wildman–Crippen MR) is 57.6 cm³/mol. The van der Waals surface area contributed by atoms with Crippen LogP contribution in [0.1, 0.15) is 0 Å². The van der Waals surface area contributed by atoms with Crippen molar-refractivity contribution >= 4 is 11.7 Å². The Labute approximate surface area is 97.6 Å². The number of amides is 1. The number of aliphatic hydroxyl groups excluding tert-OH is 1. The number of pyridine rings is 1. The highest BCUT2D eigenvalue weighted by molar-refractivity contribution is 5.97. The van der Waals surface area contributed by atoms with Gasteiger partial charge in [0.2, 0.25) is 0 Å². The number of hydrogen-bond donors (Lipinski definition) is 2. The molecule has 6 nitrogen and oxygen atoms in total. The highest BCUT2D eigenvalue weighted by Crippen LogP contribution is 2.38. The molecule has 1 unspecified atom stereocenters. The number of aliphatic hydroxyl groups is 1. The van der Waals surface area contributed by atoms with Crippen molar-refractivity contribution < 1.29 is 19.4 Å². The van der Waals surface area contributed by atoms with E-state index in [-0.39, 0.29) is 12.5 Å². The normalized spacial score (nSPS) is 25.2. The van der Waals surface area contributed by atoms with Gasteiger partial charge in [-0.05, 0) is 12.1 Å². The zero-order valence-electron chi connectivity index (χ0n) is 9.05. The molecule has 3 rings (SSSR count). The lowest BCUT2D eigenvalue weighted by Crippen LogP contribution is -2.61. The smallest absolute Gasteiger partial charge is 0.267 e. The Kier molecular flexibility index (Phi) is 2.27. The van der Waals surface area contributed by atoms with Crippen molar-refractivity contribution in [2.75, 3.05) is 25.1 Å². The van der Waals surface area contributed by atoms with E-state index in [9.17, 15) is 9.90 Å². The van der Waals surface area contributed by atoms with E-state index >= 15 is 0 Å². The summed E-state index contributed by atoms with van der Waals surface area (Å²) in [5.41, 5.74) is -0.627. The van der Waals surface area contributed by atoms with E-state index in [4.69, 9.17) is 9.47 Å². The highest BCUT2D eigenvalue weighted by atomic mass is 16.5. The average molecular weight is 236 g/mol. The fourth-order valence-corrected chi connectivity index (χ4v) is 2.04. The molecule has 0 saturated carbocycles. The van der Waals surface area contributed by atoms with Gasteiger partial charge in [0.25, 0.3) is 5.91 Å². The number of rotatable bonds is 2. The Morgan fingerprint density at radius 2 is 2.41 bits per heavy atom. The number of nitrogens with zero attached hydrogens (tertiary/aromatic N) is 1. The second-order valence-electron chi connectivity index (χ2n) is 4.35. The zero-order valence-corrected chi connectivity index (χ0v) is 9.05. The molecule has 1 amide bonds. The Bertz CT molecular complexity index is 453.